The summed E-state index contributed by atoms with van der Waals surface area (Å²) in [4.78, 5) is 30.2. The Morgan fingerprint density at radius 1 is 0.951 bits per heavy atom. The number of para-hydroxylation sites is 1. The molecule has 0 aliphatic heterocycles. The van der Waals surface area contributed by atoms with Gasteiger partial charge in [0.05, 0.1) is 10.6 Å². The van der Waals surface area contributed by atoms with Gasteiger partial charge in [-0.3, -0.25) is 9.59 Å². The highest BCUT2D eigenvalue weighted by molar-refractivity contribution is 7.91. The number of nitrogens with one attached hydrogen (secondary N) is 1. The number of unbranched alkanes of at least 4 members (excludes halogenated alkanes) is 1. The Hall–Kier alpha value is -4.44. The Labute approximate surface area is 238 Å². The van der Waals surface area contributed by atoms with Gasteiger partial charge in [-0.25, -0.2) is 12.8 Å². The van der Waals surface area contributed by atoms with Gasteiger partial charge in [0.15, 0.2) is 10.6 Å². The highest BCUT2D eigenvalue weighted by atomic mass is 32.2. The number of anilines is 2. The van der Waals surface area contributed by atoms with Crippen molar-refractivity contribution >= 4 is 27.1 Å². The zero-order chi connectivity index (χ0) is 29.9. The fourth-order valence-corrected chi connectivity index (χ4v) is 6.07. The summed E-state index contributed by atoms with van der Waals surface area (Å²) in [6.07, 6.45) is 1.77. The second kappa shape index (κ2) is 12.0. The van der Waals surface area contributed by atoms with E-state index in [1.165, 1.54) is 47.2 Å². The van der Waals surface area contributed by atoms with Gasteiger partial charge in [-0.15, -0.1) is 0 Å². The molecule has 0 atom stereocenters. The lowest BCUT2D eigenvalue weighted by atomic mass is 9.99. The summed E-state index contributed by atoms with van der Waals surface area (Å²) < 4.78 is 42.2. The van der Waals surface area contributed by atoms with Gasteiger partial charge in [-0.05, 0) is 54.3 Å². The van der Waals surface area contributed by atoms with Crippen molar-refractivity contribution in [3.63, 3.8) is 0 Å². The molecule has 0 fully saturated rings. The standard InChI is InChI=1S/C31H32FN3O5S/c1-5-6-14-25-27(35(4)26-15-10-9-13-24(26)32)28(36)29(30(37)33-25)41(39,40)21-18-16-20(17-19-21)22-11-7-8-12-23(22)31(38)34(2)3/h7-13,15-19H,5-6,14H2,1-4H3,(H2,33,36,37). The maximum atomic E-state index is 14.7. The quantitative estimate of drug-likeness (QED) is 0.271. The first-order valence-corrected chi connectivity index (χ1v) is 14.6. The van der Waals surface area contributed by atoms with Crippen LogP contribution in [-0.2, 0) is 16.3 Å². The van der Waals surface area contributed by atoms with E-state index in [1.807, 2.05) is 6.92 Å². The SMILES string of the molecule is CCCCc1[nH]c(=O)c(S(=O)(=O)c2ccc(-c3ccccc3C(=O)N(C)C)cc2)c(O)c1N(C)c1ccccc1F. The first-order chi connectivity index (χ1) is 19.5. The molecule has 0 aliphatic rings. The molecule has 0 aliphatic carbocycles. The molecule has 0 radical (unpaired) electrons. The van der Waals surface area contributed by atoms with Crippen LogP contribution in [0.2, 0.25) is 0 Å². The Morgan fingerprint density at radius 3 is 2.22 bits per heavy atom. The number of rotatable bonds is 9. The monoisotopic (exact) mass is 577 g/mol. The van der Waals surface area contributed by atoms with Crippen molar-refractivity contribution in [2.75, 3.05) is 26.0 Å². The molecular formula is C31H32FN3O5S. The van der Waals surface area contributed by atoms with E-state index in [2.05, 4.69) is 4.98 Å². The molecule has 0 unspecified atom stereocenters. The minimum Gasteiger partial charge on any atom is -0.504 e. The number of amides is 1. The van der Waals surface area contributed by atoms with E-state index in [0.717, 1.165) is 6.42 Å². The fourth-order valence-electron chi connectivity index (χ4n) is 4.69. The molecule has 0 spiro atoms. The van der Waals surface area contributed by atoms with Gasteiger partial charge in [0.2, 0.25) is 9.84 Å². The van der Waals surface area contributed by atoms with Gasteiger partial charge in [0.25, 0.3) is 11.5 Å². The van der Waals surface area contributed by atoms with Crippen molar-refractivity contribution in [3.8, 4) is 16.9 Å². The second-order valence-corrected chi connectivity index (χ2v) is 11.7. The number of H-pyrrole nitrogens is 1. The number of hydrogen-bond donors (Lipinski definition) is 2. The van der Waals surface area contributed by atoms with Crippen LogP contribution in [0.25, 0.3) is 11.1 Å². The van der Waals surface area contributed by atoms with Crippen LogP contribution in [0, 0.1) is 5.82 Å². The average molecular weight is 578 g/mol. The van der Waals surface area contributed by atoms with Gasteiger partial charge in [-0.2, -0.15) is 0 Å². The van der Waals surface area contributed by atoms with Crippen LogP contribution in [0.5, 0.6) is 5.75 Å². The van der Waals surface area contributed by atoms with Crippen LogP contribution in [0.1, 0.15) is 35.8 Å². The highest BCUT2D eigenvalue weighted by Gasteiger charge is 2.31. The van der Waals surface area contributed by atoms with E-state index < -0.39 is 31.9 Å². The summed E-state index contributed by atoms with van der Waals surface area (Å²) in [7, 11) is 0.271. The molecule has 214 valence electrons. The number of hydrogen-bond acceptors (Lipinski definition) is 6. The molecule has 8 nitrogen and oxygen atoms in total. The number of benzene rings is 3. The summed E-state index contributed by atoms with van der Waals surface area (Å²) in [5.41, 5.74) is 1.11. The lowest BCUT2D eigenvalue weighted by Gasteiger charge is -2.25. The van der Waals surface area contributed by atoms with E-state index in [9.17, 15) is 27.5 Å². The second-order valence-electron chi connectivity index (χ2n) is 9.85. The van der Waals surface area contributed by atoms with E-state index in [4.69, 9.17) is 0 Å². The van der Waals surface area contributed by atoms with Crippen LogP contribution < -0.4 is 10.5 Å². The first-order valence-electron chi connectivity index (χ1n) is 13.1. The average Bonchev–Trinajstić information content (AvgIpc) is 2.95. The molecule has 4 aromatic rings. The summed E-state index contributed by atoms with van der Waals surface area (Å²) in [6, 6.07) is 18.6. The van der Waals surface area contributed by atoms with Crippen molar-refractivity contribution in [1.82, 2.24) is 9.88 Å². The van der Waals surface area contributed by atoms with Gasteiger partial charge in [-0.1, -0.05) is 55.8 Å². The van der Waals surface area contributed by atoms with Crippen LogP contribution in [0.4, 0.5) is 15.8 Å². The van der Waals surface area contributed by atoms with Gasteiger partial charge >= 0.3 is 0 Å². The topological polar surface area (TPSA) is 111 Å². The molecule has 0 saturated heterocycles. The molecule has 10 heteroatoms. The van der Waals surface area contributed by atoms with Crippen molar-refractivity contribution < 1.29 is 22.7 Å². The summed E-state index contributed by atoms with van der Waals surface area (Å²) in [5, 5.41) is 11.3. The fraction of sp³-hybridized carbons (Fsp3) is 0.226. The van der Waals surface area contributed by atoms with Crippen molar-refractivity contribution in [3.05, 3.63) is 100 Å². The number of aryl methyl sites for hydroxylation is 1. The first kappa shape index (κ1) is 29.5. The maximum absolute atomic E-state index is 14.7. The summed E-state index contributed by atoms with van der Waals surface area (Å²) >= 11 is 0. The zero-order valence-corrected chi connectivity index (χ0v) is 24.1. The van der Waals surface area contributed by atoms with Crippen molar-refractivity contribution in [2.45, 2.75) is 36.0 Å². The number of aromatic amines is 1. The molecule has 2 N–H and O–H groups in total. The van der Waals surface area contributed by atoms with Crippen LogP contribution in [-0.4, -0.2) is 50.5 Å². The minimum absolute atomic E-state index is 0.00877. The Morgan fingerprint density at radius 2 is 1.59 bits per heavy atom. The number of halogens is 1. The molecule has 1 aromatic heterocycles. The lowest BCUT2D eigenvalue weighted by molar-refractivity contribution is 0.0828. The Bertz CT molecular complexity index is 1750. The maximum Gasteiger partial charge on any atom is 0.271 e. The molecule has 0 bridgehead atoms. The van der Waals surface area contributed by atoms with Gasteiger partial charge in [0.1, 0.15) is 11.5 Å². The van der Waals surface area contributed by atoms with E-state index in [-0.39, 0.29) is 22.2 Å². The molecule has 0 saturated carbocycles. The third-order valence-corrected chi connectivity index (χ3v) is 8.64. The Balaban J connectivity index is 1.83. The molecule has 41 heavy (non-hydrogen) atoms. The molecular weight excluding hydrogens is 545 g/mol. The molecule has 4 rings (SSSR count). The summed E-state index contributed by atoms with van der Waals surface area (Å²) in [5.74, 6) is -1.53. The van der Waals surface area contributed by atoms with Crippen LogP contribution >= 0.6 is 0 Å². The van der Waals surface area contributed by atoms with E-state index in [0.29, 0.717) is 35.2 Å². The van der Waals surface area contributed by atoms with Crippen molar-refractivity contribution in [2.24, 2.45) is 0 Å². The highest BCUT2D eigenvalue weighted by Crippen LogP contribution is 2.40. The van der Waals surface area contributed by atoms with Gasteiger partial charge in [0, 0.05) is 32.4 Å². The normalized spacial score (nSPS) is 11.3. The number of pyridine rings is 1. The lowest BCUT2D eigenvalue weighted by Crippen LogP contribution is -2.24. The van der Waals surface area contributed by atoms with E-state index in [1.54, 1.807) is 56.6 Å². The number of sulfone groups is 1. The smallest absolute Gasteiger partial charge is 0.271 e. The molecule has 1 amide bonds. The number of carbonyl (C=O) groups excluding carboxylic acids is 1. The van der Waals surface area contributed by atoms with Crippen LogP contribution in [0.15, 0.2) is 87.4 Å². The van der Waals surface area contributed by atoms with Gasteiger partial charge < -0.3 is 19.9 Å². The number of aromatic hydroxyl groups is 1. The Kier molecular flexibility index (Phi) is 8.63. The third kappa shape index (κ3) is 5.74. The van der Waals surface area contributed by atoms with Crippen molar-refractivity contribution in [1.29, 1.82) is 0 Å². The number of aromatic nitrogens is 1. The summed E-state index contributed by atoms with van der Waals surface area (Å²) in [6.45, 7) is 1.95. The molecule has 3 aromatic carbocycles. The largest absolute Gasteiger partial charge is 0.504 e. The van der Waals surface area contributed by atoms with E-state index >= 15 is 0 Å². The zero-order valence-electron chi connectivity index (χ0n) is 23.3. The third-order valence-electron chi connectivity index (χ3n) is 6.83. The predicted molar refractivity (Wildman–Crippen MR) is 157 cm³/mol. The molecule has 1 heterocycles. The minimum atomic E-state index is -4.51. The number of carbonyl (C=O) groups is 1. The number of nitrogens with zero attached hydrogens (tertiary/aromatic N) is 2. The van der Waals surface area contributed by atoms with Crippen LogP contribution in [0.3, 0.4) is 0 Å². The predicted octanol–water partition coefficient (Wildman–Crippen LogP) is 5.53.